The van der Waals surface area contributed by atoms with Gasteiger partial charge in [0.05, 0.1) is 0 Å². The zero-order chi connectivity index (χ0) is 16.5. The van der Waals surface area contributed by atoms with Crippen molar-refractivity contribution >= 4 is 30.6 Å². The standard InChI is InChI=1S/C18H24N6.2ClH/c1-12-9-20-10-23-18(12)13-2-4-24(5-3-13)17-8-16(21-11-22-17)14-6-15(19)7-14;;/h8-11,13-15H,2-7,19H2,1H3;2*1H. The van der Waals surface area contributed by atoms with Gasteiger partial charge >= 0.3 is 0 Å². The molecule has 0 spiro atoms. The fourth-order valence-corrected chi connectivity index (χ4v) is 3.88. The first-order chi connectivity index (χ1) is 11.7. The first-order valence-electron chi connectivity index (χ1n) is 8.79. The van der Waals surface area contributed by atoms with Gasteiger partial charge in [-0.3, -0.25) is 0 Å². The van der Waals surface area contributed by atoms with Gasteiger partial charge in [-0.25, -0.2) is 19.9 Å². The summed E-state index contributed by atoms with van der Waals surface area (Å²) in [6, 6.07) is 2.51. The van der Waals surface area contributed by atoms with Crippen LogP contribution >= 0.6 is 24.8 Å². The third kappa shape index (κ3) is 4.24. The largest absolute Gasteiger partial charge is 0.356 e. The van der Waals surface area contributed by atoms with Crippen LogP contribution in [0.5, 0.6) is 0 Å². The first-order valence-corrected chi connectivity index (χ1v) is 8.79. The molecule has 142 valence electrons. The Kier molecular flexibility index (Phi) is 7.15. The molecule has 1 saturated heterocycles. The highest BCUT2D eigenvalue weighted by Crippen LogP contribution is 2.36. The van der Waals surface area contributed by atoms with Crippen LogP contribution in [-0.4, -0.2) is 39.1 Å². The summed E-state index contributed by atoms with van der Waals surface area (Å²) in [5, 5.41) is 0. The zero-order valence-corrected chi connectivity index (χ0v) is 16.5. The van der Waals surface area contributed by atoms with Gasteiger partial charge in [-0.2, -0.15) is 0 Å². The Hall–Kier alpha value is -1.50. The summed E-state index contributed by atoms with van der Waals surface area (Å²) in [5.41, 5.74) is 9.46. The Morgan fingerprint density at radius 1 is 1.00 bits per heavy atom. The molecule has 6 nitrogen and oxygen atoms in total. The van der Waals surface area contributed by atoms with Crippen LogP contribution in [-0.2, 0) is 0 Å². The number of piperidine rings is 1. The van der Waals surface area contributed by atoms with Crippen LogP contribution in [0.3, 0.4) is 0 Å². The van der Waals surface area contributed by atoms with E-state index in [1.165, 1.54) is 11.3 Å². The topological polar surface area (TPSA) is 80.8 Å². The van der Waals surface area contributed by atoms with Crippen LogP contribution in [0, 0.1) is 6.92 Å². The van der Waals surface area contributed by atoms with E-state index in [-0.39, 0.29) is 24.8 Å². The molecule has 1 aliphatic carbocycles. The third-order valence-electron chi connectivity index (χ3n) is 5.41. The lowest BCUT2D eigenvalue weighted by Crippen LogP contribution is -2.36. The van der Waals surface area contributed by atoms with Gasteiger partial charge < -0.3 is 10.6 Å². The van der Waals surface area contributed by atoms with Gasteiger partial charge in [0, 0.05) is 54.6 Å². The number of aromatic nitrogens is 4. The Bertz CT molecular complexity index is 714. The summed E-state index contributed by atoms with van der Waals surface area (Å²) < 4.78 is 0. The predicted octanol–water partition coefficient (Wildman–Crippen LogP) is 3.01. The van der Waals surface area contributed by atoms with E-state index >= 15 is 0 Å². The van der Waals surface area contributed by atoms with Crippen LogP contribution in [0.1, 0.15) is 54.5 Å². The molecule has 4 rings (SSSR count). The quantitative estimate of drug-likeness (QED) is 0.858. The fraction of sp³-hybridized carbons (Fsp3) is 0.556. The van der Waals surface area contributed by atoms with Gasteiger partial charge in [-0.1, -0.05) is 0 Å². The molecule has 2 N–H and O–H groups in total. The smallest absolute Gasteiger partial charge is 0.132 e. The van der Waals surface area contributed by atoms with Crippen LogP contribution in [0.25, 0.3) is 0 Å². The van der Waals surface area contributed by atoms with Crippen LogP contribution < -0.4 is 10.6 Å². The van der Waals surface area contributed by atoms with E-state index in [4.69, 9.17) is 5.73 Å². The highest BCUT2D eigenvalue weighted by molar-refractivity contribution is 5.85. The second-order valence-corrected chi connectivity index (χ2v) is 7.08. The fourth-order valence-electron chi connectivity index (χ4n) is 3.88. The van der Waals surface area contributed by atoms with E-state index in [0.29, 0.717) is 17.9 Å². The Balaban J connectivity index is 0.00000121. The molecule has 0 bridgehead atoms. The molecule has 2 aromatic heterocycles. The maximum atomic E-state index is 5.91. The monoisotopic (exact) mass is 396 g/mol. The number of aryl methyl sites for hydroxylation is 1. The molecule has 3 heterocycles. The van der Waals surface area contributed by atoms with E-state index in [2.05, 4.69) is 37.8 Å². The summed E-state index contributed by atoms with van der Waals surface area (Å²) >= 11 is 0. The number of hydrogen-bond acceptors (Lipinski definition) is 6. The van der Waals surface area contributed by atoms with Gasteiger partial charge in [0.2, 0.25) is 0 Å². The van der Waals surface area contributed by atoms with Gasteiger partial charge in [-0.05, 0) is 38.2 Å². The third-order valence-corrected chi connectivity index (χ3v) is 5.41. The molecule has 2 fully saturated rings. The van der Waals surface area contributed by atoms with Crippen molar-refractivity contribution in [2.24, 2.45) is 5.73 Å². The lowest BCUT2D eigenvalue weighted by Gasteiger charge is -2.34. The van der Waals surface area contributed by atoms with Crippen molar-refractivity contribution in [1.82, 2.24) is 19.9 Å². The molecular formula is C18H26Cl2N6. The minimum Gasteiger partial charge on any atom is -0.356 e. The van der Waals surface area contributed by atoms with Gasteiger partial charge in [0.15, 0.2) is 0 Å². The second kappa shape index (κ2) is 8.93. The number of hydrogen-bond donors (Lipinski definition) is 1. The Morgan fingerprint density at radius 3 is 2.38 bits per heavy atom. The lowest BCUT2D eigenvalue weighted by atomic mass is 9.78. The molecule has 2 aliphatic rings. The molecule has 0 aromatic carbocycles. The number of nitrogens with two attached hydrogens (primary N) is 1. The average molecular weight is 397 g/mol. The van der Waals surface area contributed by atoms with Crippen molar-refractivity contribution < 1.29 is 0 Å². The SMILES string of the molecule is Cc1cncnc1C1CCN(c2cc(C3CC(N)C3)ncn2)CC1.Cl.Cl. The van der Waals surface area contributed by atoms with E-state index < -0.39 is 0 Å². The molecule has 8 heteroatoms. The summed E-state index contributed by atoms with van der Waals surface area (Å²) in [6.07, 6.45) is 9.58. The van der Waals surface area contributed by atoms with E-state index in [9.17, 15) is 0 Å². The van der Waals surface area contributed by atoms with Crippen molar-refractivity contribution in [2.75, 3.05) is 18.0 Å². The molecule has 0 atom stereocenters. The normalized spacial score (nSPS) is 22.8. The zero-order valence-electron chi connectivity index (χ0n) is 14.9. The van der Waals surface area contributed by atoms with Crippen molar-refractivity contribution in [1.29, 1.82) is 0 Å². The van der Waals surface area contributed by atoms with E-state index in [1.54, 1.807) is 12.7 Å². The molecular weight excluding hydrogens is 371 g/mol. The number of anilines is 1. The number of rotatable bonds is 3. The van der Waals surface area contributed by atoms with Crippen molar-refractivity contribution in [3.63, 3.8) is 0 Å². The van der Waals surface area contributed by atoms with Crippen LogP contribution in [0.4, 0.5) is 5.82 Å². The average Bonchev–Trinajstić information content (AvgIpc) is 2.60. The maximum Gasteiger partial charge on any atom is 0.132 e. The first kappa shape index (κ1) is 20.8. The minimum absolute atomic E-state index is 0. The summed E-state index contributed by atoms with van der Waals surface area (Å²) in [4.78, 5) is 19.9. The van der Waals surface area contributed by atoms with E-state index in [0.717, 1.165) is 50.3 Å². The van der Waals surface area contributed by atoms with Crippen molar-refractivity contribution in [2.45, 2.75) is 50.5 Å². The molecule has 0 amide bonds. The summed E-state index contributed by atoms with van der Waals surface area (Å²) in [7, 11) is 0. The molecule has 1 aliphatic heterocycles. The highest BCUT2D eigenvalue weighted by Gasteiger charge is 2.29. The van der Waals surface area contributed by atoms with Gasteiger partial charge in [-0.15, -0.1) is 24.8 Å². The number of nitrogens with zero attached hydrogens (tertiary/aromatic N) is 5. The second-order valence-electron chi connectivity index (χ2n) is 7.08. The molecule has 2 aromatic rings. The highest BCUT2D eigenvalue weighted by atomic mass is 35.5. The van der Waals surface area contributed by atoms with Crippen LogP contribution in [0.2, 0.25) is 0 Å². The van der Waals surface area contributed by atoms with Gasteiger partial charge in [0.25, 0.3) is 0 Å². The van der Waals surface area contributed by atoms with Crippen LogP contribution in [0.15, 0.2) is 24.9 Å². The number of halogens is 2. The molecule has 0 radical (unpaired) electrons. The predicted molar refractivity (Wildman–Crippen MR) is 107 cm³/mol. The lowest BCUT2D eigenvalue weighted by molar-refractivity contribution is 0.345. The minimum atomic E-state index is 0. The van der Waals surface area contributed by atoms with Gasteiger partial charge in [0.1, 0.15) is 18.5 Å². The Labute approximate surface area is 166 Å². The summed E-state index contributed by atoms with van der Waals surface area (Å²) in [6.45, 7) is 4.12. The van der Waals surface area contributed by atoms with Crippen molar-refractivity contribution in [3.8, 4) is 0 Å². The molecule has 26 heavy (non-hydrogen) atoms. The van der Waals surface area contributed by atoms with E-state index in [1.807, 2.05) is 6.20 Å². The Morgan fingerprint density at radius 2 is 1.73 bits per heavy atom. The maximum absolute atomic E-state index is 5.91. The van der Waals surface area contributed by atoms with Crippen molar-refractivity contribution in [3.05, 3.63) is 41.9 Å². The molecule has 0 unspecified atom stereocenters. The summed E-state index contributed by atoms with van der Waals surface area (Å²) in [5.74, 6) is 2.09. The molecule has 1 saturated carbocycles.